The number of pyridine rings is 1. The highest BCUT2D eigenvalue weighted by Crippen LogP contribution is 2.15. The molecule has 1 atom stereocenters. The Balaban J connectivity index is 1.55. The molecule has 2 aromatic rings. The van der Waals surface area contributed by atoms with Crippen molar-refractivity contribution in [3.8, 4) is 0 Å². The summed E-state index contributed by atoms with van der Waals surface area (Å²) in [5.41, 5.74) is 7.70. The molecule has 0 radical (unpaired) electrons. The van der Waals surface area contributed by atoms with Gasteiger partial charge in [-0.25, -0.2) is 9.98 Å². The van der Waals surface area contributed by atoms with Gasteiger partial charge in [-0.1, -0.05) is 18.5 Å². The van der Waals surface area contributed by atoms with Crippen LogP contribution in [0.25, 0.3) is 5.65 Å². The van der Waals surface area contributed by atoms with Crippen LogP contribution in [0.3, 0.4) is 0 Å². The Morgan fingerprint density at radius 3 is 3.17 bits per heavy atom. The number of nitrogens with two attached hydrogens (primary N) is 1. The van der Waals surface area contributed by atoms with Crippen LogP contribution < -0.4 is 11.1 Å². The maximum Gasteiger partial charge on any atom is 0.189 e. The number of fused-ring (bicyclic) bond motifs is 1. The van der Waals surface area contributed by atoms with Gasteiger partial charge in [0, 0.05) is 25.0 Å². The van der Waals surface area contributed by atoms with Gasteiger partial charge >= 0.3 is 0 Å². The Hall–Kier alpha value is -1.79. The maximum absolute atomic E-state index is 5.97. The number of nitrogens with zero attached hydrogens (tertiary/aromatic N) is 4. The highest BCUT2D eigenvalue weighted by Gasteiger charge is 2.22. The molecule has 0 spiro atoms. The van der Waals surface area contributed by atoms with Gasteiger partial charge in [-0.05, 0) is 38.1 Å². The molecule has 0 saturated carbocycles. The van der Waals surface area contributed by atoms with Gasteiger partial charge in [0.15, 0.2) is 5.96 Å². The summed E-state index contributed by atoms with van der Waals surface area (Å²) >= 11 is 5.97. The van der Waals surface area contributed by atoms with E-state index in [4.69, 9.17) is 17.3 Å². The molecule has 124 valence electrons. The van der Waals surface area contributed by atoms with Crippen molar-refractivity contribution >= 4 is 23.2 Å². The van der Waals surface area contributed by atoms with Crippen LogP contribution >= 0.6 is 11.6 Å². The van der Waals surface area contributed by atoms with Crippen LogP contribution in [0.5, 0.6) is 0 Å². The van der Waals surface area contributed by atoms with Gasteiger partial charge < -0.3 is 15.5 Å². The number of likely N-dealkylation sites (N-methyl/N-ethyl adjacent to an activating group) is 1. The zero-order valence-corrected chi connectivity index (χ0v) is 14.1. The molecule has 1 aliphatic heterocycles. The maximum atomic E-state index is 5.97. The van der Waals surface area contributed by atoms with Crippen molar-refractivity contribution in [2.24, 2.45) is 10.7 Å². The topological polar surface area (TPSA) is 71.0 Å². The number of hydrogen-bond donors (Lipinski definition) is 2. The summed E-state index contributed by atoms with van der Waals surface area (Å²) in [7, 11) is 0. The zero-order chi connectivity index (χ0) is 16.2. The molecular weight excluding hydrogens is 312 g/mol. The molecule has 0 aromatic carbocycles. The van der Waals surface area contributed by atoms with Crippen LogP contribution in [0.1, 0.15) is 25.5 Å². The average molecular weight is 335 g/mol. The van der Waals surface area contributed by atoms with E-state index in [0.29, 0.717) is 23.6 Å². The van der Waals surface area contributed by atoms with Gasteiger partial charge in [0.2, 0.25) is 0 Å². The number of hydrogen-bond acceptors (Lipinski definition) is 3. The molecule has 1 aliphatic rings. The van der Waals surface area contributed by atoms with E-state index in [0.717, 1.165) is 24.4 Å². The summed E-state index contributed by atoms with van der Waals surface area (Å²) in [4.78, 5) is 11.4. The molecule has 3 rings (SSSR count). The molecule has 0 aliphatic carbocycles. The Kier molecular flexibility index (Phi) is 5.03. The lowest BCUT2D eigenvalue weighted by atomic mass is 10.2. The lowest BCUT2D eigenvalue weighted by molar-refractivity contribution is 0.267. The number of imidazole rings is 1. The number of likely N-dealkylation sites (tertiary alicyclic amines) is 1. The van der Waals surface area contributed by atoms with Gasteiger partial charge in [-0.3, -0.25) is 4.90 Å². The van der Waals surface area contributed by atoms with Crippen LogP contribution in [0.2, 0.25) is 5.02 Å². The average Bonchev–Trinajstić information content (AvgIpc) is 3.16. The lowest BCUT2D eigenvalue weighted by Crippen LogP contribution is -2.42. The Morgan fingerprint density at radius 1 is 1.48 bits per heavy atom. The quantitative estimate of drug-likeness (QED) is 0.647. The van der Waals surface area contributed by atoms with Crippen LogP contribution in [0.15, 0.2) is 29.5 Å². The third-order valence-corrected chi connectivity index (χ3v) is 4.52. The normalized spacial score (nSPS) is 19.6. The second-order valence-corrected chi connectivity index (χ2v) is 6.29. The number of halogens is 1. The summed E-state index contributed by atoms with van der Waals surface area (Å²) in [5.74, 6) is 0.475. The molecule has 0 amide bonds. The first-order valence-electron chi connectivity index (χ1n) is 8.06. The van der Waals surface area contributed by atoms with E-state index in [1.54, 1.807) is 0 Å². The minimum Gasteiger partial charge on any atom is -0.370 e. The molecule has 1 fully saturated rings. The van der Waals surface area contributed by atoms with Crippen LogP contribution in [0, 0.1) is 0 Å². The number of nitrogens with one attached hydrogen (secondary N) is 1. The second-order valence-electron chi connectivity index (χ2n) is 5.85. The molecule has 23 heavy (non-hydrogen) atoms. The van der Waals surface area contributed by atoms with Crippen molar-refractivity contribution in [3.05, 3.63) is 35.2 Å². The molecule has 1 unspecified atom stereocenters. The predicted molar refractivity (Wildman–Crippen MR) is 93.8 cm³/mol. The summed E-state index contributed by atoms with van der Waals surface area (Å²) in [6.45, 7) is 5.78. The van der Waals surface area contributed by atoms with Crippen molar-refractivity contribution < 1.29 is 0 Å². The SMILES string of the molecule is CCN1CCCC1CNC(N)=NCc1cn2cc(Cl)ccc2n1. The summed E-state index contributed by atoms with van der Waals surface area (Å²) in [6, 6.07) is 4.27. The molecule has 6 nitrogen and oxygen atoms in total. The van der Waals surface area contributed by atoms with E-state index in [-0.39, 0.29) is 0 Å². The third-order valence-electron chi connectivity index (χ3n) is 4.30. The molecule has 1 saturated heterocycles. The van der Waals surface area contributed by atoms with Crippen molar-refractivity contribution in [1.29, 1.82) is 0 Å². The number of aromatic nitrogens is 2. The Bertz CT molecular complexity index is 695. The molecule has 3 heterocycles. The summed E-state index contributed by atoms with van der Waals surface area (Å²) in [5, 5.41) is 3.92. The van der Waals surface area contributed by atoms with Crippen molar-refractivity contribution in [2.45, 2.75) is 32.4 Å². The number of aliphatic imine (C=N–C) groups is 1. The molecule has 7 heteroatoms. The molecule has 3 N–H and O–H groups in total. The van der Waals surface area contributed by atoms with E-state index >= 15 is 0 Å². The first-order chi connectivity index (χ1) is 11.2. The predicted octanol–water partition coefficient (Wildman–Crippen LogP) is 1.88. The fraction of sp³-hybridized carbons (Fsp3) is 0.500. The monoisotopic (exact) mass is 334 g/mol. The van der Waals surface area contributed by atoms with Gasteiger partial charge in [0.05, 0.1) is 17.3 Å². The van der Waals surface area contributed by atoms with Crippen LogP contribution in [-0.2, 0) is 6.54 Å². The highest BCUT2D eigenvalue weighted by atomic mass is 35.5. The fourth-order valence-electron chi connectivity index (χ4n) is 3.08. The van der Waals surface area contributed by atoms with Gasteiger partial charge in [-0.2, -0.15) is 0 Å². The van der Waals surface area contributed by atoms with Gasteiger partial charge in [-0.15, -0.1) is 0 Å². The van der Waals surface area contributed by atoms with Crippen LogP contribution in [0.4, 0.5) is 0 Å². The number of rotatable bonds is 5. The summed E-state index contributed by atoms with van der Waals surface area (Å²) in [6.07, 6.45) is 6.24. The first-order valence-corrected chi connectivity index (χ1v) is 8.44. The van der Waals surface area contributed by atoms with Crippen molar-refractivity contribution in [3.63, 3.8) is 0 Å². The van der Waals surface area contributed by atoms with E-state index in [9.17, 15) is 0 Å². The van der Waals surface area contributed by atoms with E-state index in [1.165, 1.54) is 19.4 Å². The van der Waals surface area contributed by atoms with Crippen molar-refractivity contribution in [1.82, 2.24) is 19.6 Å². The van der Waals surface area contributed by atoms with E-state index in [1.807, 2.05) is 28.9 Å². The zero-order valence-electron chi connectivity index (χ0n) is 13.4. The number of guanidine groups is 1. The fourth-order valence-corrected chi connectivity index (χ4v) is 3.25. The molecule has 0 bridgehead atoms. The largest absolute Gasteiger partial charge is 0.370 e. The second kappa shape index (κ2) is 7.19. The molecular formula is C16H23ClN6. The van der Waals surface area contributed by atoms with Gasteiger partial charge in [0.25, 0.3) is 0 Å². The highest BCUT2D eigenvalue weighted by molar-refractivity contribution is 6.30. The van der Waals surface area contributed by atoms with E-state index < -0.39 is 0 Å². The smallest absolute Gasteiger partial charge is 0.189 e. The Morgan fingerprint density at radius 2 is 2.35 bits per heavy atom. The van der Waals surface area contributed by atoms with Gasteiger partial charge in [0.1, 0.15) is 5.65 Å². The summed E-state index contributed by atoms with van der Waals surface area (Å²) < 4.78 is 1.90. The minimum atomic E-state index is 0.459. The van der Waals surface area contributed by atoms with E-state index in [2.05, 4.69) is 27.1 Å². The van der Waals surface area contributed by atoms with Crippen molar-refractivity contribution in [2.75, 3.05) is 19.6 Å². The third kappa shape index (κ3) is 3.95. The lowest BCUT2D eigenvalue weighted by Gasteiger charge is -2.23. The standard InChI is InChI=1S/C16H23ClN6/c1-2-22-7-3-4-14(22)9-20-16(18)19-8-13-11-23-10-12(17)5-6-15(23)21-13/h5-6,10-11,14H,2-4,7-9H2,1H3,(H3,18,19,20). The Labute approximate surface area is 141 Å². The molecule has 2 aromatic heterocycles. The van der Waals surface area contributed by atoms with Crippen LogP contribution in [-0.4, -0.2) is 45.9 Å². The minimum absolute atomic E-state index is 0.459. The first kappa shape index (κ1) is 16.1.